The van der Waals surface area contributed by atoms with E-state index in [2.05, 4.69) is 31.1 Å². The van der Waals surface area contributed by atoms with E-state index in [1.807, 2.05) is 45.2 Å². The lowest BCUT2D eigenvalue weighted by Crippen LogP contribution is -2.23. The summed E-state index contributed by atoms with van der Waals surface area (Å²) in [6.45, 7) is 8.28. The van der Waals surface area contributed by atoms with E-state index in [4.69, 9.17) is 10.5 Å². The number of rotatable bonds is 0. The van der Waals surface area contributed by atoms with E-state index in [-0.39, 0.29) is 5.57 Å². The molecule has 0 aromatic heterocycles. The maximum Gasteiger partial charge on any atom is 0.136 e. The van der Waals surface area contributed by atoms with Crippen LogP contribution in [0.15, 0.2) is 35.7 Å². The van der Waals surface area contributed by atoms with Gasteiger partial charge in [-0.2, -0.15) is 10.5 Å². The van der Waals surface area contributed by atoms with Gasteiger partial charge in [0, 0.05) is 24.7 Å². The van der Waals surface area contributed by atoms with Gasteiger partial charge in [-0.05, 0) is 72.9 Å². The fourth-order valence-electron chi connectivity index (χ4n) is 3.14. The van der Waals surface area contributed by atoms with Crippen molar-refractivity contribution in [2.24, 2.45) is 0 Å². The highest BCUT2D eigenvalue weighted by atomic mass is 15.1. The summed E-state index contributed by atoms with van der Waals surface area (Å²) in [5, 5.41) is 20.0. The van der Waals surface area contributed by atoms with Gasteiger partial charge in [0.2, 0.25) is 0 Å². The van der Waals surface area contributed by atoms with Crippen molar-refractivity contribution in [1.29, 1.82) is 10.5 Å². The van der Waals surface area contributed by atoms with Crippen molar-refractivity contribution >= 4 is 11.1 Å². The molecule has 22 heavy (non-hydrogen) atoms. The average Bonchev–Trinajstić information content (AvgIpc) is 2.42. The Morgan fingerprint density at radius 3 is 1.77 bits per heavy atom. The minimum absolute atomic E-state index is 0.158. The summed E-state index contributed by atoms with van der Waals surface area (Å²) in [5.74, 6) is 0. The summed E-state index contributed by atoms with van der Waals surface area (Å²) >= 11 is 0. The Kier molecular flexibility index (Phi) is 4.20. The molecule has 0 saturated carbocycles. The summed E-state index contributed by atoms with van der Waals surface area (Å²) in [6, 6.07) is 7.78. The van der Waals surface area contributed by atoms with Gasteiger partial charge in [-0.3, -0.25) is 0 Å². The highest BCUT2D eigenvalue weighted by Crippen LogP contribution is 2.24. The van der Waals surface area contributed by atoms with E-state index in [1.165, 1.54) is 21.9 Å². The van der Waals surface area contributed by atoms with Crippen molar-refractivity contribution in [3.63, 3.8) is 0 Å². The first kappa shape index (κ1) is 15.6. The maximum absolute atomic E-state index is 9.05. The molecule has 0 radical (unpaired) electrons. The molecule has 110 valence electrons. The standard InChI is InChI=1S/C19H19N3/c1-12-6-16(17(8-20)9-21)7-13(2)18(12)19-14(3)10-22(5)11-15(19)4/h6-7,10-11H,1-5H3. The van der Waals surface area contributed by atoms with Crippen LogP contribution in [0.5, 0.6) is 0 Å². The Labute approximate surface area is 131 Å². The summed E-state index contributed by atoms with van der Waals surface area (Å²) in [5.41, 5.74) is 5.98. The lowest BCUT2D eigenvalue weighted by Gasteiger charge is -2.22. The second-order valence-corrected chi connectivity index (χ2v) is 5.75. The SMILES string of the molecule is CC1=CN(C)C=C(C)C1=c1c(C)cc(=C(C#N)C#N)cc1C. The average molecular weight is 289 g/mol. The quantitative estimate of drug-likeness (QED) is 0.737. The normalized spacial score (nSPS) is 14.0. The number of aryl methyl sites for hydroxylation is 2. The maximum atomic E-state index is 9.05. The fraction of sp³-hybridized carbons (Fsp3) is 0.263. The van der Waals surface area contributed by atoms with E-state index < -0.39 is 0 Å². The zero-order valence-corrected chi connectivity index (χ0v) is 13.7. The van der Waals surface area contributed by atoms with Gasteiger partial charge in [-0.1, -0.05) is 0 Å². The first-order chi connectivity index (χ1) is 10.4. The van der Waals surface area contributed by atoms with E-state index in [0.29, 0.717) is 5.22 Å². The molecular weight excluding hydrogens is 270 g/mol. The van der Waals surface area contributed by atoms with Gasteiger partial charge in [-0.15, -0.1) is 0 Å². The second-order valence-electron chi connectivity index (χ2n) is 5.75. The Balaban J connectivity index is 2.92. The van der Waals surface area contributed by atoms with Crippen LogP contribution in [0.3, 0.4) is 0 Å². The predicted octanol–water partition coefficient (Wildman–Crippen LogP) is 2.41. The van der Waals surface area contributed by atoms with E-state index in [9.17, 15) is 0 Å². The van der Waals surface area contributed by atoms with Crippen molar-refractivity contribution in [3.8, 4) is 12.1 Å². The molecule has 0 aliphatic carbocycles. The van der Waals surface area contributed by atoms with E-state index >= 15 is 0 Å². The molecule has 1 heterocycles. The van der Waals surface area contributed by atoms with Crippen molar-refractivity contribution in [2.45, 2.75) is 27.7 Å². The predicted molar refractivity (Wildman–Crippen MR) is 88.5 cm³/mol. The number of allylic oxidation sites excluding steroid dienone is 2. The first-order valence-electron chi connectivity index (χ1n) is 7.14. The van der Waals surface area contributed by atoms with Gasteiger partial charge < -0.3 is 4.90 Å². The molecule has 1 aliphatic heterocycles. The molecule has 0 N–H and O–H groups in total. The van der Waals surface area contributed by atoms with Crippen LogP contribution in [0.1, 0.15) is 25.0 Å². The van der Waals surface area contributed by atoms with Crippen molar-refractivity contribution in [2.75, 3.05) is 7.05 Å². The third-order valence-corrected chi connectivity index (χ3v) is 3.88. The first-order valence-corrected chi connectivity index (χ1v) is 7.14. The van der Waals surface area contributed by atoms with E-state index in [0.717, 1.165) is 11.1 Å². The number of nitriles is 2. The van der Waals surface area contributed by atoms with Crippen LogP contribution < -0.4 is 10.4 Å². The molecule has 0 fully saturated rings. The minimum Gasteiger partial charge on any atom is -0.357 e. The summed E-state index contributed by atoms with van der Waals surface area (Å²) in [4.78, 5) is 2.06. The number of benzene rings is 1. The third kappa shape index (κ3) is 2.67. The molecule has 0 unspecified atom stereocenters. The van der Waals surface area contributed by atoms with Crippen LogP contribution in [-0.2, 0) is 0 Å². The van der Waals surface area contributed by atoms with Gasteiger partial charge >= 0.3 is 0 Å². The molecule has 2 rings (SSSR count). The van der Waals surface area contributed by atoms with Gasteiger partial charge in [0.15, 0.2) is 0 Å². The molecule has 0 saturated heterocycles. The summed E-state index contributed by atoms with van der Waals surface area (Å²) in [6.07, 6.45) is 4.22. The Morgan fingerprint density at radius 1 is 0.909 bits per heavy atom. The molecule has 1 aromatic rings. The molecule has 1 aromatic carbocycles. The Bertz CT molecular complexity index is 832. The highest BCUT2D eigenvalue weighted by molar-refractivity contribution is 5.79. The topological polar surface area (TPSA) is 50.8 Å². The van der Waals surface area contributed by atoms with Crippen molar-refractivity contribution < 1.29 is 0 Å². The molecular formula is C19H19N3. The molecule has 3 nitrogen and oxygen atoms in total. The van der Waals surface area contributed by atoms with Gasteiger partial charge in [-0.25, -0.2) is 0 Å². The zero-order chi connectivity index (χ0) is 16.4. The lowest BCUT2D eigenvalue weighted by molar-refractivity contribution is 0.611. The minimum atomic E-state index is 0.158. The lowest BCUT2D eigenvalue weighted by atomic mass is 9.91. The zero-order valence-electron chi connectivity index (χ0n) is 13.7. The molecule has 0 bridgehead atoms. The van der Waals surface area contributed by atoms with Crippen LogP contribution in [-0.4, -0.2) is 11.9 Å². The molecule has 0 spiro atoms. The largest absolute Gasteiger partial charge is 0.357 e. The van der Waals surface area contributed by atoms with Crippen molar-refractivity contribution in [1.82, 2.24) is 4.90 Å². The van der Waals surface area contributed by atoms with Crippen molar-refractivity contribution in [3.05, 3.63) is 57.2 Å². The Morgan fingerprint density at radius 2 is 1.36 bits per heavy atom. The van der Waals surface area contributed by atoms with E-state index in [1.54, 1.807) is 0 Å². The number of hydrogen-bond donors (Lipinski definition) is 0. The Hall–Kier alpha value is -2.78. The van der Waals surface area contributed by atoms with Crippen LogP contribution in [0.4, 0.5) is 0 Å². The highest BCUT2D eigenvalue weighted by Gasteiger charge is 2.13. The fourth-order valence-corrected chi connectivity index (χ4v) is 3.14. The number of hydrogen-bond acceptors (Lipinski definition) is 3. The molecule has 3 heteroatoms. The van der Waals surface area contributed by atoms with Crippen LogP contribution in [0, 0.1) is 36.5 Å². The van der Waals surface area contributed by atoms with Crippen LogP contribution in [0.25, 0.3) is 11.1 Å². The molecule has 1 aliphatic rings. The smallest absolute Gasteiger partial charge is 0.136 e. The molecule has 0 amide bonds. The summed E-state index contributed by atoms with van der Waals surface area (Å²) < 4.78 is 0. The second kappa shape index (κ2) is 5.92. The van der Waals surface area contributed by atoms with Crippen LogP contribution in [0.2, 0.25) is 0 Å². The number of nitrogens with zero attached hydrogens (tertiary/aromatic N) is 3. The van der Waals surface area contributed by atoms with Gasteiger partial charge in [0.05, 0.1) is 0 Å². The monoisotopic (exact) mass is 289 g/mol. The van der Waals surface area contributed by atoms with Crippen LogP contribution >= 0.6 is 0 Å². The van der Waals surface area contributed by atoms with Gasteiger partial charge in [0.25, 0.3) is 0 Å². The third-order valence-electron chi connectivity index (χ3n) is 3.88. The summed E-state index contributed by atoms with van der Waals surface area (Å²) in [7, 11) is 2.02. The van der Waals surface area contributed by atoms with Gasteiger partial charge in [0.1, 0.15) is 17.7 Å². The molecule has 0 atom stereocenters.